The second-order valence-electron chi connectivity index (χ2n) is 2.58. The Kier molecular flexibility index (Phi) is 3.31. The highest BCUT2D eigenvalue weighted by atomic mass is 35.5. The first-order valence-corrected chi connectivity index (χ1v) is 4.07. The molecule has 80 valence electrons. The second-order valence-corrected chi connectivity index (χ2v) is 3.02. The van der Waals surface area contributed by atoms with Gasteiger partial charge in [-0.2, -0.15) is 0 Å². The Labute approximate surface area is 87.6 Å². The average molecular weight is 236 g/mol. The first-order valence-electron chi connectivity index (χ1n) is 3.70. The Hall–Kier alpha value is -1.56. The maximum absolute atomic E-state index is 12.1. The van der Waals surface area contributed by atoms with E-state index in [1.165, 1.54) is 0 Å². The normalized spacial score (nSPS) is 10.4. The molecule has 0 amide bonds. The van der Waals surface area contributed by atoms with Gasteiger partial charge in [-0.05, 0) is 12.1 Å². The van der Waals surface area contributed by atoms with Crippen LogP contribution in [0.15, 0.2) is 18.2 Å². The number of halogens is 3. The molecule has 0 N–H and O–H groups in total. The predicted molar refractivity (Wildman–Crippen MR) is 48.4 cm³/mol. The molecule has 15 heavy (non-hydrogen) atoms. The Morgan fingerprint density at radius 1 is 1.47 bits per heavy atom. The van der Waals surface area contributed by atoms with Gasteiger partial charge in [0.2, 0.25) is 5.78 Å². The summed E-state index contributed by atoms with van der Waals surface area (Å²) in [5, 5.41) is 10.5. The van der Waals surface area contributed by atoms with E-state index < -0.39 is 28.4 Å². The minimum Gasteiger partial charge on any atom is -0.287 e. The number of Topliss-reactive ketones (excluding diaryl/α,β-unsaturated/α-hetero) is 1. The van der Waals surface area contributed by atoms with Crippen molar-refractivity contribution in [2.75, 3.05) is 0 Å². The maximum atomic E-state index is 12.1. The third-order valence-corrected chi connectivity index (χ3v) is 1.86. The van der Waals surface area contributed by atoms with Crippen LogP contribution in [0, 0.1) is 10.1 Å². The number of alkyl halides is 2. The van der Waals surface area contributed by atoms with Crippen molar-refractivity contribution in [3.63, 3.8) is 0 Å². The fraction of sp³-hybridized carbons (Fsp3) is 0.125. The van der Waals surface area contributed by atoms with Crippen molar-refractivity contribution >= 4 is 23.1 Å². The fourth-order valence-corrected chi connectivity index (χ4v) is 1.15. The minimum absolute atomic E-state index is 0.00696. The van der Waals surface area contributed by atoms with E-state index in [0.29, 0.717) is 0 Å². The zero-order valence-electron chi connectivity index (χ0n) is 7.12. The topological polar surface area (TPSA) is 60.2 Å². The van der Waals surface area contributed by atoms with E-state index in [1.54, 1.807) is 0 Å². The second kappa shape index (κ2) is 4.31. The van der Waals surface area contributed by atoms with E-state index in [1.807, 2.05) is 0 Å². The molecule has 1 rings (SSSR count). The quantitative estimate of drug-likeness (QED) is 0.460. The van der Waals surface area contributed by atoms with E-state index in [-0.39, 0.29) is 5.02 Å². The van der Waals surface area contributed by atoms with E-state index in [9.17, 15) is 23.7 Å². The molecule has 7 heteroatoms. The molecule has 0 aliphatic rings. The monoisotopic (exact) mass is 235 g/mol. The van der Waals surface area contributed by atoms with Crippen molar-refractivity contribution < 1.29 is 18.5 Å². The summed E-state index contributed by atoms with van der Waals surface area (Å²) in [6.07, 6.45) is -3.27. The van der Waals surface area contributed by atoms with Gasteiger partial charge < -0.3 is 0 Å². The molecule has 0 unspecified atom stereocenters. The van der Waals surface area contributed by atoms with Crippen LogP contribution in [0.3, 0.4) is 0 Å². The maximum Gasteiger partial charge on any atom is 0.300 e. The highest BCUT2D eigenvalue weighted by Gasteiger charge is 2.26. The molecule has 0 saturated heterocycles. The van der Waals surface area contributed by atoms with Gasteiger partial charge in [-0.1, -0.05) is 11.6 Å². The van der Waals surface area contributed by atoms with Gasteiger partial charge in [0.15, 0.2) is 0 Å². The van der Waals surface area contributed by atoms with Crippen molar-refractivity contribution in [1.82, 2.24) is 0 Å². The Morgan fingerprint density at radius 3 is 2.53 bits per heavy atom. The molecule has 0 bridgehead atoms. The van der Waals surface area contributed by atoms with Gasteiger partial charge in [0, 0.05) is 11.1 Å². The highest BCUT2D eigenvalue weighted by molar-refractivity contribution is 6.31. The summed E-state index contributed by atoms with van der Waals surface area (Å²) in [6, 6.07) is 2.91. The average Bonchev–Trinajstić information content (AvgIpc) is 2.16. The number of carbonyl (C=O) groups is 1. The number of hydrogen-bond acceptors (Lipinski definition) is 3. The molecule has 1 aromatic carbocycles. The van der Waals surface area contributed by atoms with Gasteiger partial charge in [0.1, 0.15) is 5.56 Å². The van der Waals surface area contributed by atoms with Gasteiger partial charge in [-0.3, -0.25) is 14.9 Å². The number of nitro groups is 1. The van der Waals surface area contributed by atoms with Gasteiger partial charge in [0.05, 0.1) is 4.92 Å². The van der Waals surface area contributed by atoms with Crippen LogP contribution >= 0.6 is 11.6 Å². The summed E-state index contributed by atoms with van der Waals surface area (Å²) in [6.45, 7) is 0. The molecule has 0 spiro atoms. The van der Waals surface area contributed by atoms with Crippen molar-refractivity contribution in [1.29, 1.82) is 0 Å². The van der Waals surface area contributed by atoms with E-state index in [0.717, 1.165) is 18.2 Å². The van der Waals surface area contributed by atoms with Gasteiger partial charge in [-0.15, -0.1) is 0 Å². The first-order chi connectivity index (χ1) is 6.93. The third kappa shape index (κ3) is 2.47. The molecule has 0 aliphatic heterocycles. The SMILES string of the molecule is O=C(c1ccc(Cl)cc1[N+](=O)[O-])C(F)F. The standard InChI is InChI=1S/C8H4ClF2NO3/c9-4-1-2-5(7(13)8(10)11)6(3-4)12(14)15/h1-3,8H. The third-order valence-electron chi connectivity index (χ3n) is 1.62. The molecule has 0 atom stereocenters. The fourth-order valence-electron chi connectivity index (χ4n) is 0.982. The molecule has 0 saturated carbocycles. The minimum atomic E-state index is -3.27. The summed E-state index contributed by atoms with van der Waals surface area (Å²) < 4.78 is 24.1. The molecular weight excluding hydrogens is 232 g/mol. The summed E-state index contributed by atoms with van der Waals surface area (Å²) in [5.74, 6) is -1.58. The van der Waals surface area contributed by atoms with Crippen LogP contribution in [0.4, 0.5) is 14.5 Å². The van der Waals surface area contributed by atoms with Crippen LogP contribution in [-0.4, -0.2) is 17.1 Å². The molecule has 0 aliphatic carbocycles. The lowest BCUT2D eigenvalue weighted by atomic mass is 10.1. The molecule has 0 heterocycles. The van der Waals surface area contributed by atoms with Gasteiger partial charge in [-0.25, -0.2) is 8.78 Å². The first kappa shape index (κ1) is 11.5. The van der Waals surface area contributed by atoms with E-state index >= 15 is 0 Å². The molecule has 0 radical (unpaired) electrons. The summed E-state index contributed by atoms with van der Waals surface area (Å²) in [4.78, 5) is 20.4. The molecule has 4 nitrogen and oxygen atoms in total. The van der Waals surface area contributed by atoms with Crippen LogP contribution in [0.5, 0.6) is 0 Å². The number of benzene rings is 1. The number of hydrogen-bond donors (Lipinski definition) is 0. The highest BCUT2D eigenvalue weighted by Crippen LogP contribution is 2.25. The lowest BCUT2D eigenvalue weighted by molar-refractivity contribution is -0.385. The Morgan fingerprint density at radius 2 is 2.07 bits per heavy atom. The van der Waals surface area contributed by atoms with Crippen LogP contribution in [0.2, 0.25) is 5.02 Å². The lowest BCUT2D eigenvalue weighted by Gasteiger charge is -2.01. The summed E-state index contributed by atoms with van der Waals surface area (Å²) in [7, 11) is 0. The summed E-state index contributed by atoms with van der Waals surface area (Å²) in [5.41, 5.74) is -1.35. The van der Waals surface area contributed by atoms with Crippen LogP contribution in [0.25, 0.3) is 0 Å². The van der Waals surface area contributed by atoms with Crippen LogP contribution in [0.1, 0.15) is 10.4 Å². The Balaban J connectivity index is 3.29. The van der Waals surface area contributed by atoms with Crippen molar-refractivity contribution in [3.05, 3.63) is 38.9 Å². The van der Waals surface area contributed by atoms with E-state index in [4.69, 9.17) is 11.6 Å². The molecule has 1 aromatic rings. The number of nitro benzene ring substituents is 1. The largest absolute Gasteiger partial charge is 0.300 e. The van der Waals surface area contributed by atoms with Crippen molar-refractivity contribution in [3.8, 4) is 0 Å². The lowest BCUT2D eigenvalue weighted by Crippen LogP contribution is -2.12. The zero-order valence-corrected chi connectivity index (χ0v) is 7.87. The van der Waals surface area contributed by atoms with Crippen molar-refractivity contribution in [2.24, 2.45) is 0 Å². The molecular formula is C8H4ClF2NO3. The number of nitrogens with zero attached hydrogens (tertiary/aromatic N) is 1. The van der Waals surface area contributed by atoms with Crippen LogP contribution in [-0.2, 0) is 0 Å². The molecule has 0 fully saturated rings. The number of ketones is 1. The van der Waals surface area contributed by atoms with Crippen LogP contribution < -0.4 is 0 Å². The number of carbonyl (C=O) groups excluding carboxylic acids is 1. The van der Waals surface area contributed by atoms with Crippen molar-refractivity contribution in [2.45, 2.75) is 6.43 Å². The number of rotatable bonds is 3. The smallest absolute Gasteiger partial charge is 0.287 e. The van der Waals surface area contributed by atoms with Gasteiger partial charge in [0.25, 0.3) is 5.69 Å². The Bertz CT molecular complexity index is 422. The van der Waals surface area contributed by atoms with Gasteiger partial charge >= 0.3 is 6.43 Å². The summed E-state index contributed by atoms with van der Waals surface area (Å²) >= 11 is 5.44. The zero-order chi connectivity index (χ0) is 11.6. The molecule has 0 aromatic heterocycles. The van der Waals surface area contributed by atoms with E-state index in [2.05, 4.69) is 0 Å². The predicted octanol–water partition coefficient (Wildman–Crippen LogP) is 2.70.